The predicted molar refractivity (Wildman–Crippen MR) is 112 cm³/mol. The van der Waals surface area contributed by atoms with Crippen molar-refractivity contribution in [3.8, 4) is 5.88 Å². The number of methoxy groups -OCH3 is 1. The zero-order chi connectivity index (χ0) is 19.2. The van der Waals surface area contributed by atoms with E-state index in [9.17, 15) is 0 Å². The molecule has 0 unspecified atom stereocenters. The van der Waals surface area contributed by atoms with Crippen molar-refractivity contribution in [3.05, 3.63) is 69.5 Å². The average molecular weight is 382 g/mol. The highest BCUT2D eigenvalue weighted by Gasteiger charge is 2.14. The molecule has 1 aliphatic carbocycles. The minimum Gasteiger partial charge on any atom is -0.481 e. The van der Waals surface area contributed by atoms with Crippen LogP contribution in [-0.4, -0.2) is 21.9 Å². The maximum Gasteiger partial charge on any atom is 0.218 e. The van der Waals surface area contributed by atoms with E-state index in [0.29, 0.717) is 17.3 Å². The van der Waals surface area contributed by atoms with E-state index in [4.69, 9.17) is 16.3 Å². The molecule has 3 rings (SSSR count). The largest absolute Gasteiger partial charge is 0.481 e. The lowest BCUT2D eigenvalue weighted by atomic mass is 10.0. The smallest absolute Gasteiger partial charge is 0.218 e. The van der Waals surface area contributed by atoms with Crippen LogP contribution in [0, 0.1) is 0 Å². The number of nitrogens with zero attached hydrogens (tertiary/aromatic N) is 3. The Bertz CT molecular complexity index is 1010. The summed E-state index contributed by atoms with van der Waals surface area (Å²) in [5.74, 6) is 0.583. The Kier molecular flexibility index (Phi) is 6.30. The third-order valence-electron chi connectivity index (χ3n) is 4.47. The van der Waals surface area contributed by atoms with Crippen LogP contribution in [0.2, 0.25) is 5.02 Å². The van der Waals surface area contributed by atoms with Gasteiger partial charge in [0.05, 0.1) is 17.5 Å². The molecule has 1 aliphatic rings. The molecule has 0 saturated heterocycles. The van der Waals surface area contributed by atoms with Gasteiger partial charge in [-0.1, -0.05) is 48.9 Å². The molecule has 0 radical (unpaired) electrons. The highest BCUT2D eigenvalue weighted by molar-refractivity contribution is 6.31. The fourth-order valence-corrected chi connectivity index (χ4v) is 3.49. The Morgan fingerprint density at radius 1 is 1.33 bits per heavy atom. The van der Waals surface area contributed by atoms with E-state index in [-0.39, 0.29) is 0 Å². The monoisotopic (exact) mass is 381 g/mol. The number of ether oxygens (including phenoxy) is 1. The minimum absolute atomic E-state index is 0.583. The van der Waals surface area contributed by atoms with Gasteiger partial charge in [0, 0.05) is 41.7 Å². The number of pyridine rings is 1. The van der Waals surface area contributed by atoms with Gasteiger partial charge in [-0.15, -0.1) is 0 Å². The number of hydrogen-bond donors (Lipinski definition) is 0. The summed E-state index contributed by atoms with van der Waals surface area (Å²) in [4.78, 5) is 4.68. The van der Waals surface area contributed by atoms with Gasteiger partial charge in [0.15, 0.2) is 0 Å². The molecular weight excluding hydrogens is 358 g/mol. The van der Waals surface area contributed by atoms with Gasteiger partial charge >= 0.3 is 0 Å². The van der Waals surface area contributed by atoms with Crippen molar-refractivity contribution < 1.29 is 4.74 Å². The molecule has 0 spiro atoms. The van der Waals surface area contributed by atoms with Gasteiger partial charge in [-0.25, -0.2) is 9.67 Å². The number of halogens is 1. The molecule has 140 valence electrons. The molecule has 0 atom stereocenters. The molecule has 2 aromatic heterocycles. The third-order valence-corrected chi connectivity index (χ3v) is 4.90. The molecule has 0 aromatic carbocycles. The van der Waals surface area contributed by atoms with Crippen molar-refractivity contribution in [1.82, 2.24) is 14.8 Å². The molecule has 4 nitrogen and oxygen atoms in total. The van der Waals surface area contributed by atoms with Gasteiger partial charge in [-0.3, -0.25) is 0 Å². The van der Waals surface area contributed by atoms with E-state index in [1.165, 1.54) is 0 Å². The van der Waals surface area contributed by atoms with Crippen LogP contribution >= 0.6 is 11.6 Å². The van der Waals surface area contributed by atoms with Crippen LogP contribution in [0.15, 0.2) is 48.3 Å². The maximum atomic E-state index is 6.75. The fraction of sp³-hybridized carbons (Fsp3) is 0.273. The molecule has 0 N–H and O–H groups in total. The Morgan fingerprint density at radius 2 is 2.19 bits per heavy atom. The van der Waals surface area contributed by atoms with Gasteiger partial charge in [0.2, 0.25) is 5.88 Å². The van der Waals surface area contributed by atoms with Crippen LogP contribution in [0.5, 0.6) is 5.88 Å². The second-order valence-corrected chi connectivity index (χ2v) is 6.63. The quantitative estimate of drug-likeness (QED) is 0.788. The summed E-state index contributed by atoms with van der Waals surface area (Å²) in [6.07, 6.45) is 18.7. The lowest BCUT2D eigenvalue weighted by Gasteiger charge is -2.11. The van der Waals surface area contributed by atoms with Crippen LogP contribution in [0.25, 0.3) is 17.8 Å². The van der Waals surface area contributed by atoms with Crippen molar-refractivity contribution in [3.63, 3.8) is 0 Å². The Morgan fingerprint density at radius 3 is 2.85 bits per heavy atom. The molecular formula is C22H24ClN3O. The number of hydrogen-bond acceptors (Lipinski definition) is 3. The van der Waals surface area contributed by atoms with E-state index in [0.717, 1.165) is 40.2 Å². The van der Waals surface area contributed by atoms with Crippen molar-refractivity contribution in [2.45, 2.75) is 33.1 Å². The predicted octanol–water partition coefficient (Wildman–Crippen LogP) is 3.90. The summed E-state index contributed by atoms with van der Waals surface area (Å²) in [6.45, 7) is 4.07. The first kappa shape index (κ1) is 19.2. The van der Waals surface area contributed by atoms with Gasteiger partial charge in [-0.05, 0) is 31.1 Å². The lowest BCUT2D eigenvalue weighted by Crippen LogP contribution is -2.31. The van der Waals surface area contributed by atoms with E-state index in [1.54, 1.807) is 13.3 Å². The first-order valence-corrected chi connectivity index (χ1v) is 9.50. The summed E-state index contributed by atoms with van der Waals surface area (Å²) in [5.41, 5.74) is 3.18. The Balaban J connectivity index is 2.01. The van der Waals surface area contributed by atoms with Crippen LogP contribution in [0.1, 0.15) is 32.3 Å². The van der Waals surface area contributed by atoms with Crippen LogP contribution in [0.4, 0.5) is 0 Å². The van der Waals surface area contributed by atoms with Gasteiger partial charge in [0.1, 0.15) is 0 Å². The molecule has 0 aliphatic heterocycles. The fourth-order valence-electron chi connectivity index (χ4n) is 3.14. The molecule has 0 amide bonds. The summed E-state index contributed by atoms with van der Waals surface area (Å²) in [7, 11) is 1.64. The van der Waals surface area contributed by atoms with E-state index >= 15 is 0 Å². The molecule has 0 bridgehead atoms. The van der Waals surface area contributed by atoms with Gasteiger partial charge in [0.25, 0.3) is 0 Å². The van der Waals surface area contributed by atoms with E-state index < -0.39 is 0 Å². The van der Waals surface area contributed by atoms with Crippen LogP contribution in [-0.2, 0) is 6.42 Å². The summed E-state index contributed by atoms with van der Waals surface area (Å²) >= 11 is 6.75. The summed E-state index contributed by atoms with van der Waals surface area (Å²) in [5, 5.41) is 6.85. The van der Waals surface area contributed by atoms with Gasteiger partial charge < -0.3 is 4.74 Å². The highest BCUT2D eigenvalue weighted by atomic mass is 35.5. The minimum atomic E-state index is 0.583. The number of rotatable bonds is 5. The van der Waals surface area contributed by atoms with Crippen LogP contribution < -0.4 is 15.3 Å². The molecule has 5 heteroatoms. The third kappa shape index (κ3) is 4.22. The summed E-state index contributed by atoms with van der Waals surface area (Å²) < 4.78 is 7.44. The second kappa shape index (κ2) is 8.87. The SMILES string of the molecule is C/C=c1/c(Cl)c(CC2=CC=C(n3cccn3)CC=C2)c(OC)n/c1=C/CC. The number of aromatic nitrogens is 3. The highest BCUT2D eigenvalue weighted by Crippen LogP contribution is 2.25. The Hall–Kier alpha value is -2.59. The summed E-state index contributed by atoms with van der Waals surface area (Å²) in [6, 6.07) is 1.92. The van der Waals surface area contributed by atoms with E-state index in [2.05, 4.69) is 47.4 Å². The molecule has 27 heavy (non-hydrogen) atoms. The zero-order valence-electron chi connectivity index (χ0n) is 15.9. The van der Waals surface area contributed by atoms with Crippen LogP contribution in [0.3, 0.4) is 0 Å². The standard InChI is InChI=1S/C22H24ClN3O/c1-4-8-20-18(5-2)21(23)19(22(25-20)27-3)15-16-9-6-10-17(12-11-16)26-14-7-13-24-26/h5-9,11-14H,4,10,15H2,1-3H3/b18-5+,20-8+. The second-order valence-electron chi connectivity index (χ2n) is 6.25. The van der Waals surface area contributed by atoms with E-state index in [1.807, 2.05) is 29.9 Å². The zero-order valence-corrected chi connectivity index (χ0v) is 16.7. The molecule has 0 fully saturated rings. The lowest BCUT2D eigenvalue weighted by molar-refractivity contribution is 0.392. The van der Waals surface area contributed by atoms with Crippen molar-refractivity contribution in [2.24, 2.45) is 0 Å². The van der Waals surface area contributed by atoms with Crippen molar-refractivity contribution >= 4 is 29.5 Å². The molecule has 0 saturated carbocycles. The molecule has 2 aromatic rings. The average Bonchev–Trinajstić information content (AvgIpc) is 3.11. The van der Waals surface area contributed by atoms with Crippen molar-refractivity contribution in [2.75, 3.05) is 7.11 Å². The first-order chi connectivity index (χ1) is 13.2. The maximum absolute atomic E-state index is 6.75. The molecule has 2 heterocycles. The Labute approximate surface area is 164 Å². The topological polar surface area (TPSA) is 39.9 Å². The van der Waals surface area contributed by atoms with Crippen molar-refractivity contribution in [1.29, 1.82) is 0 Å². The first-order valence-electron chi connectivity index (χ1n) is 9.13. The normalized spacial score (nSPS) is 15.6. The number of allylic oxidation sites excluding steroid dienone is 6. The van der Waals surface area contributed by atoms with Gasteiger partial charge in [-0.2, -0.15) is 5.10 Å².